The molecule has 1 aromatic heterocycles. The monoisotopic (exact) mass is 690 g/mol. The summed E-state index contributed by atoms with van der Waals surface area (Å²) in [6.45, 7) is 4.77. The fourth-order valence-corrected chi connectivity index (χ4v) is 8.61. The first-order chi connectivity index (χ1) is 26.5. The maximum Gasteiger partial charge on any atom is 0.0788 e. The second-order valence-electron chi connectivity index (χ2n) is 14.8. The van der Waals surface area contributed by atoms with Gasteiger partial charge in [-0.15, -0.1) is 0 Å². The van der Waals surface area contributed by atoms with E-state index >= 15 is 0 Å². The molecule has 1 heterocycles. The Morgan fingerprint density at radius 1 is 0.407 bits per heavy atom. The predicted octanol–water partition coefficient (Wildman–Crippen LogP) is 14.2. The minimum atomic E-state index is -0.308. The van der Waals surface area contributed by atoms with Crippen molar-refractivity contribution in [2.75, 3.05) is 4.90 Å². The summed E-state index contributed by atoms with van der Waals surface area (Å²) >= 11 is 0. The number of rotatable bonds is 6. The van der Waals surface area contributed by atoms with E-state index in [1.807, 2.05) is 0 Å². The molecular formula is C52H38N2. The smallest absolute Gasteiger partial charge is 0.0788 e. The Bertz CT molecular complexity index is 2850. The van der Waals surface area contributed by atoms with Gasteiger partial charge in [-0.25, -0.2) is 4.98 Å². The summed E-state index contributed by atoms with van der Waals surface area (Å²) in [6, 6.07) is 70.3. The molecule has 2 heteroatoms. The maximum absolute atomic E-state index is 5.32. The Kier molecular flexibility index (Phi) is 7.52. The van der Waals surface area contributed by atoms with E-state index < -0.39 is 0 Å². The SMILES string of the molecule is CC1(C)c2cc(-c3nc4ccccc4cc3-c3ccccc3)ccc2-c2cccc(N(c3ccc4ccccc4c3)c3ccccc3-c3ccccc3)c21. The molecule has 10 rings (SSSR count). The second-order valence-corrected chi connectivity index (χ2v) is 14.8. The molecule has 0 amide bonds. The topological polar surface area (TPSA) is 16.1 Å². The summed E-state index contributed by atoms with van der Waals surface area (Å²) in [4.78, 5) is 7.81. The third kappa shape index (κ3) is 5.22. The predicted molar refractivity (Wildman–Crippen MR) is 228 cm³/mol. The number of anilines is 3. The Morgan fingerprint density at radius 3 is 1.83 bits per heavy atom. The Balaban J connectivity index is 1.18. The number of nitrogens with zero attached hydrogens (tertiary/aromatic N) is 2. The molecule has 1 aliphatic rings. The lowest BCUT2D eigenvalue weighted by Gasteiger charge is -2.33. The summed E-state index contributed by atoms with van der Waals surface area (Å²) in [5.74, 6) is 0. The van der Waals surface area contributed by atoms with Crippen LogP contribution in [0.3, 0.4) is 0 Å². The van der Waals surface area contributed by atoms with Crippen molar-refractivity contribution < 1.29 is 0 Å². The first kappa shape index (κ1) is 31.9. The fourth-order valence-electron chi connectivity index (χ4n) is 8.61. The van der Waals surface area contributed by atoms with Crippen LogP contribution in [0.15, 0.2) is 194 Å². The van der Waals surface area contributed by atoms with Gasteiger partial charge in [0.2, 0.25) is 0 Å². The van der Waals surface area contributed by atoms with Crippen LogP contribution in [0.2, 0.25) is 0 Å². The van der Waals surface area contributed by atoms with E-state index in [1.165, 1.54) is 55.4 Å². The molecule has 0 spiro atoms. The van der Waals surface area contributed by atoms with Crippen LogP contribution in [0.5, 0.6) is 0 Å². The van der Waals surface area contributed by atoms with Crippen molar-refractivity contribution in [3.63, 3.8) is 0 Å². The van der Waals surface area contributed by atoms with Gasteiger partial charge in [0.25, 0.3) is 0 Å². The van der Waals surface area contributed by atoms with Gasteiger partial charge in [0.05, 0.1) is 22.6 Å². The van der Waals surface area contributed by atoms with Gasteiger partial charge in [0.15, 0.2) is 0 Å². The van der Waals surface area contributed by atoms with Crippen molar-refractivity contribution in [1.82, 2.24) is 4.98 Å². The molecular weight excluding hydrogens is 653 g/mol. The number of hydrogen-bond acceptors (Lipinski definition) is 2. The van der Waals surface area contributed by atoms with Gasteiger partial charge in [-0.05, 0) is 86.6 Å². The summed E-state index contributed by atoms with van der Waals surface area (Å²) in [5, 5.41) is 3.59. The molecule has 0 bridgehead atoms. The molecule has 2 nitrogen and oxygen atoms in total. The standard InChI is InChI=1S/C52H38N2/c1-52(2)46-34-40(51-45(37-19-7-4-8-20-37)33-39-22-11-13-25-47(39)53-51)29-31-43(46)44-24-15-27-49(50(44)52)54(41-30-28-35-16-9-10-21-38(35)32-41)48-26-14-12-23-42(48)36-17-5-3-6-18-36/h3-34H,1-2H3. The molecule has 0 unspecified atom stereocenters. The minimum absolute atomic E-state index is 0.308. The van der Waals surface area contributed by atoms with E-state index in [4.69, 9.17) is 4.98 Å². The van der Waals surface area contributed by atoms with Crippen molar-refractivity contribution >= 4 is 38.7 Å². The third-order valence-corrected chi connectivity index (χ3v) is 11.2. The highest BCUT2D eigenvalue weighted by Gasteiger charge is 2.39. The molecule has 0 N–H and O–H groups in total. The highest BCUT2D eigenvalue weighted by Crippen LogP contribution is 2.56. The van der Waals surface area contributed by atoms with Crippen LogP contribution >= 0.6 is 0 Å². The van der Waals surface area contributed by atoms with E-state index in [0.717, 1.165) is 39.1 Å². The van der Waals surface area contributed by atoms with Crippen LogP contribution < -0.4 is 4.90 Å². The molecule has 54 heavy (non-hydrogen) atoms. The lowest BCUT2D eigenvalue weighted by Crippen LogP contribution is -2.21. The van der Waals surface area contributed by atoms with Crippen LogP contribution in [0.25, 0.3) is 66.3 Å². The average molecular weight is 691 g/mol. The summed E-state index contributed by atoms with van der Waals surface area (Å²) in [5.41, 5.74) is 16.2. The van der Waals surface area contributed by atoms with Gasteiger partial charge >= 0.3 is 0 Å². The Hall–Kier alpha value is -6.77. The van der Waals surface area contributed by atoms with Gasteiger partial charge in [-0.1, -0.05) is 166 Å². The fraction of sp³-hybridized carbons (Fsp3) is 0.0577. The van der Waals surface area contributed by atoms with Gasteiger partial charge in [-0.2, -0.15) is 0 Å². The molecule has 0 fully saturated rings. The molecule has 256 valence electrons. The third-order valence-electron chi connectivity index (χ3n) is 11.2. The largest absolute Gasteiger partial charge is 0.310 e. The number of hydrogen-bond donors (Lipinski definition) is 0. The number of para-hydroxylation sites is 2. The molecule has 1 aliphatic carbocycles. The number of fused-ring (bicyclic) bond motifs is 5. The zero-order chi connectivity index (χ0) is 36.2. The van der Waals surface area contributed by atoms with E-state index in [0.29, 0.717) is 0 Å². The van der Waals surface area contributed by atoms with Crippen molar-refractivity contribution in [3.8, 4) is 44.6 Å². The van der Waals surface area contributed by atoms with E-state index in [9.17, 15) is 0 Å². The summed E-state index contributed by atoms with van der Waals surface area (Å²) < 4.78 is 0. The van der Waals surface area contributed by atoms with Crippen LogP contribution in [-0.2, 0) is 5.41 Å². The van der Waals surface area contributed by atoms with Gasteiger partial charge in [0.1, 0.15) is 0 Å². The van der Waals surface area contributed by atoms with Crippen LogP contribution in [0.4, 0.5) is 17.1 Å². The first-order valence-corrected chi connectivity index (χ1v) is 18.7. The van der Waals surface area contributed by atoms with Crippen molar-refractivity contribution in [3.05, 3.63) is 205 Å². The molecule has 0 saturated carbocycles. The van der Waals surface area contributed by atoms with Crippen molar-refractivity contribution in [2.45, 2.75) is 19.3 Å². The highest BCUT2D eigenvalue weighted by molar-refractivity contribution is 5.98. The summed E-state index contributed by atoms with van der Waals surface area (Å²) in [7, 11) is 0. The molecule has 0 aliphatic heterocycles. The Labute approximate surface area is 316 Å². The molecule has 0 saturated heterocycles. The van der Waals surface area contributed by atoms with Crippen LogP contribution in [-0.4, -0.2) is 4.98 Å². The van der Waals surface area contributed by atoms with E-state index in [2.05, 4.69) is 213 Å². The van der Waals surface area contributed by atoms with Crippen molar-refractivity contribution in [2.24, 2.45) is 0 Å². The van der Waals surface area contributed by atoms with E-state index in [-0.39, 0.29) is 5.41 Å². The lowest BCUT2D eigenvalue weighted by atomic mass is 9.80. The quantitative estimate of drug-likeness (QED) is 0.173. The molecule has 0 radical (unpaired) electrons. The van der Waals surface area contributed by atoms with Gasteiger partial charge in [-0.3, -0.25) is 0 Å². The average Bonchev–Trinajstić information content (AvgIpc) is 3.47. The second kappa shape index (κ2) is 12.7. The molecule has 8 aromatic carbocycles. The number of aromatic nitrogens is 1. The molecule has 0 atom stereocenters. The normalized spacial score (nSPS) is 12.8. The van der Waals surface area contributed by atoms with Gasteiger partial charge in [0, 0.05) is 33.2 Å². The molecule has 9 aromatic rings. The first-order valence-electron chi connectivity index (χ1n) is 18.7. The highest BCUT2D eigenvalue weighted by atomic mass is 15.1. The number of pyridine rings is 1. The van der Waals surface area contributed by atoms with Crippen molar-refractivity contribution in [1.29, 1.82) is 0 Å². The Morgan fingerprint density at radius 2 is 1.04 bits per heavy atom. The van der Waals surface area contributed by atoms with Gasteiger partial charge < -0.3 is 4.90 Å². The zero-order valence-electron chi connectivity index (χ0n) is 30.4. The number of benzene rings is 8. The van der Waals surface area contributed by atoms with Crippen LogP contribution in [0, 0.1) is 0 Å². The minimum Gasteiger partial charge on any atom is -0.310 e. The summed E-state index contributed by atoms with van der Waals surface area (Å²) in [6.07, 6.45) is 0. The zero-order valence-corrected chi connectivity index (χ0v) is 30.4. The lowest BCUT2D eigenvalue weighted by molar-refractivity contribution is 0.661. The van der Waals surface area contributed by atoms with Crippen LogP contribution in [0.1, 0.15) is 25.0 Å². The van der Waals surface area contributed by atoms with E-state index in [1.54, 1.807) is 0 Å². The maximum atomic E-state index is 5.32.